The number of aromatic nitrogens is 4. The van der Waals surface area contributed by atoms with Gasteiger partial charge in [0.25, 0.3) is 5.91 Å². The van der Waals surface area contributed by atoms with Gasteiger partial charge in [0.15, 0.2) is 17.3 Å². The van der Waals surface area contributed by atoms with Crippen LogP contribution in [0.5, 0.6) is 11.5 Å². The molecule has 142 valence electrons. The number of rotatable bonds is 4. The summed E-state index contributed by atoms with van der Waals surface area (Å²) in [5.41, 5.74) is 2.24. The first-order valence-electron chi connectivity index (χ1n) is 8.47. The first kappa shape index (κ1) is 18.1. The molecule has 0 spiro atoms. The van der Waals surface area contributed by atoms with Gasteiger partial charge >= 0.3 is 0 Å². The van der Waals surface area contributed by atoms with Gasteiger partial charge in [0.2, 0.25) is 0 Å². The average Bonchev–Trinajstić information content (AvgIpc) is 3.21. The lowest BCUT2D eigenvalue weighted by atomic mass is 10.1. The Bertz CT molecular complexity index is 1070. The van der Waals surface area contributed by atoms with Gasteiger partial charge in [-0.05, 0) is 48.4 Å². The summed E-state index contributed by atoms with van der Waals surface area (Å²) < 4.78 is 5.22. The zero-order valence-corrected chi connectivity index (χ0v) is 16.0. The monoisotopic (exact) mass is 395 g/mol. The van der Waals surface area contributed by atoms with Crippen molar-refractivity contribution in [2.45, 2.75) is 18.4 Å². The largest absolute Gasteiger partial charge is 0.504 e. The molecule has 9 heteroatoms. The van der Waals surface area contributed by atoms with Crippen molar-refractivity contribution in [3.05, 3.63) is 58.3 Å². The van der Waals surface area contributed by atoms with E-state index < -0.39 is 0 Å². The first-order valence-corrected chi connectivity index (χ1v) is 9.29. The minimum Gasteiger partial charge on any atom is -0.504 e. The molecule has 1 aliphatic heterocycles. The number of aryl methyl sites for hydroxylation is 1. The SMILES string of the molecule is COc1cc(/C=C2\Sc3ccccc3N(Cc3nn[nH]n3)C2=O)cc(C)c1O. The number of fused-ring (bicyclic) bond motifs is 1. The molecule has 0 saturated carbocycles. The molecule has 0 atom stereocenters. The Hall–Kier alpha value is -3.33. The van der Waals surface area contributed by atoms with Crippen LogP contribution in [0.1, 0.15) is 17.0 Å². The molecule has 3 aromatic rings. The van der Waals surface area contributed by atoms with Crippen molar-refractivity contribution in [1.29, 1.82) is 0 Å². The molecule has 0 radical (unpaired) electrons. The number of hydrogen-bond acceptors (Lipinski definition) is 7. The highest BCUT2D eigenvalue weighted by molar-refractivity contribution is 8.04. The summed E-state index contributed by atoms with van der Waals surface area (Å²) in [5, 5.41) is 23.9. The minimum atomic E-state index is -0.154. The third-order valence-electron chi connectivity index (χ3n) is 4.33. The molecule has 28 heavy (non-hydrogen) atoms. The second kappa shape index (κ2) is 7.35. The van der Waals surface area contributed by atoms with E-state index >= 15 is 0 Å². The van der Waals surface area contributed by atoms with Crippen LogP contribution in [0.25, 0.3) is 6.08 Å². The fourth-order valence-electron chi connectivity index (χ4n) is 2.97. The third-order valence-corrected chi connectivity index (χ3v) is 5.40. The van der Waals surface area contributed by atoms with Crippen LogP contribution in [-0.2, 0) is 11.3 Å². The van der Waals surface area contributed by atoms with Gasteiger partial charge in [0, 0.05) is 4.90 Å². The normalized spacial score (nSPS) is 15.0. The van der Waals surface area contributed by atoms with E-state index in [1.165, 1.54) is 18.9 Å². The van der Waals surface area contributed by atoms with Gasteiger partial charge in [0.1, 0.15) is 0 Å². The van der Waals surface area contributed by atoms with E-state index in [1.807, 2.05) is 30.3 Å². The first-order chi connectivity index (χ1) is 13.6. The lowest BCUT2D eigenvalue weighted by molar-refractivity contribution is -0.114. The van der Waals surface area contributed by atoms with Crippen molar-refractivity contribution in [2.24, 2.45) is 0 Å². The van der Waals surface area contributed by atoms with Gasteiger partial charge in [-0.2, -0.15) is 5.21 Å². The van der Waals surface area contributed by atoms with Crippen molar-refractivity contribution in [1.82, 2.24) is 20.6 Å². The number of carbonyl (C=O) groups excluding carboxylic acids is 1. The topological polar surface area (TPSA) is 104 Å². The van der Waals surface area contributed by atoms with Crippen molar-refractivity contribution < 1.29 is 14.6 Å². The van der Waals surface area contributed by atoms with E-state index in [2.05, 4.69) is 20.6 Å². The Kier molecular flexibility index (Phi) is 4.74. The maximum Gasteiger partial charge on any atom is 0.265 e. The van der Waals surface area contributed by atoms with E-state index in [0.29, 0.717) is 22.0 Å². The fourth-order valence-corrected chi connectivity index (χ4v) is 4.03. The predicted molar refractivity (Wildman–Crippen MR) is 105 cm³/mol. The maximum atomic E-state index is 13.2. The lowest BCUT2D eigenvalue weighted by Crippen LogP contribution is -2.34. The average molecular weight is 395 g/mol. The molecule has 8 nitrogen and oxygen atoms in total. The summed E-state index contributed by atoms with van der Waals surface area (Å²) in [7, 11) is 1.49. The standard InChI is InChI=1S/C19H17N5O3S/c1-11-7-12(8-14(27-2)18(11)25)9-16-19(26)24(10-17-20-22-23-21-17)13-5-3-4-6-15(13)28-16/h3-9,25H,10H2,1-2H3,(H,20,21,22,23)/b16-9-. The number of anilines is 1. The minimum absolute atomic E-state index is 0.0938. The van der Waals surface area contributed by atoms with Crippen LogP contribution >= 0.6 is 11.8 Å². The molecule has 0 saturated heterocycles. The van der Waals surface area contributed by atoms with E-state index in [-0.39, 0.29) is 18.2 Å². The number of phenolic OH excluding ortho intramolecular Hbond substituents is 1. The highest BCUT2D eigenvalue weighted by Crippen LogP contribution is 2.43. The number of carbonyl (C=O) groups is 1. The second-order valence-corrected chi connectivity index (χ2v) is 7.27. The molecule has 2 heterocycles. The Morgan fingerprint density at radius 2 is 2.14 bits per heavy atom. The summed E-state index contributed by atoms with van der Waals surface area (Å²) in [6, 6.07) is 11.2. The van der Waals surface area contributed by atoms with Crippen LogP contribution < -0.4 is 9.64 Å². The number of benzene rings is 2. The molecule has 0 unspecified atom stereocenters. The molecule has 0 bridgehead atoms. The van der Waals surface area contributed by atoms with Gasteiger partial charge in [-0.3, -0.25) is 9.69 Å². The van der Waals surface area contributed by atoms with E-state index in [0.717, 1.165) is 16.1 Å². The number of nitrogens with zero attached hydrogens (tertiary/aromatic N) is 4. The summed E-state index contributed by atoms with van der Waals surface area (Å²) in [6.07, 6.45) is 1.79. The quantitative estimate of drug-likeness (QED) is 0.655. The van der Waals surface area contributed by atoms with Crippen LogP contribution in [0.3, 0.4) is 0 Å². The zero-order chi connectivity index (χ0) is 19.7. The summed E-state index contributed by atoms with van der Waals surface area (Å²) in [6.45, 7) is 2.00. The Morgan fingerprint density at radius 1 is 1.32 bits per heavy atom. The van der Waals surface area contributed by atoms with Crippen LogP contribution in [0, 0.1) is 6.92 Å². The number of ether oxygens (including phenoxy) is 1. The molecule has 0 aliphatic carbocycles. The zero-order valence-electron chi connectivity index (χ0n) is 15.2. The number of aromatic hydroxyl groups is 1. The number of tetrazole rings is 1. The third kappa shape index (κ3) is 3.31. The van der Waals surface area contributed by atoms with Gasteiger partial charge in [-0.15, -0.1) is 10.2 Å². The Morgan fingerprint density at radius 3 is 2.89 bits per heavy atom. The van der Waals surface area contributed by atoms with Gasteiger partial charge in [0.05, 0.1) is 24.2 Å². The number of methoxy groups -OCH3 is 1. The van der Waals surface area contributed by atoms with E-state index in [4.69, 9.17) is 4.74 Å². The Labute approximate surface area is 165 Å². The number of thioether (sulfide) groups is 1. The highest BCUT2D eigenvalue weighted by Gasteiger charge is 2.30. The highest BCUT2D eigenvalue weighted by atomic mass is 32.2. The molecule has 2 aromatic carbocycles. The predicted octanol–water partition coefficient (Wildman–Crippen LogP) is 2.90. The summed E-state index contributed by atoms with van der Waals surface area (Å²) in [5.74, 6) is 0.732. The second-order valence-electron chi connectivity index (χ2n) is 6.19. The van der Waals surface area contributed by atoms with Crippen LogP contribution in [0.4, 0.5) is 5.69 Å². The number of para-hydroxylation sites is 1. The van der Waals surface area contributed by atoms with Crippen LogP contribution in [-0.4, -0.2) is 38.7 Å². The molecule has 1 amide bonds. The fraction of sp³-hybridized carbons (Fsp3) is 0.158. The molecular weight excluding hydrogens is 378 g/mol. The van der Waals surface area contributed by atoms with Gasteiger partial charge < -0.3 is 9.84 Å². The Balaban J connectivity index is 1.75. The van der Waals surface area contributed by atoms with Crippen molar-refractivity contribution in [2.75, 3.05) is 12.0 Å². The smallest absolute Gasteiger partial charge is 0.265 e. The number of H-pyrrole nitrogens is 1. The summed E-state index contributed by atoms with van der Waals surface area (Å²) >= 11 is 1.40. The van der Waals surface area contributed by atoms with E-state index in [9.17, 15) is 9.90 Å². The molecular formula is C19H17N5O3S. The van der Waals surface area contributed by atoms with Crippen molar-refractivity contribution >= 4 is 29.4 Å². The number of phenols is 1. The molecule has 1 aliphatic rings. The van der Waals surface area contributed by atoms with Crippen LogP contribution in [0.2, 0.25) is 0 Å². The lowest BCUT2D eigenvalue weighted by Gasteiger charge is -2.29. The van der Waals surface area contributed by atoms with Crippen molar-refractivity contribution in [3.63, 3.8) is 0 Å². The van der Waals surface area contributed by atoms with Gasteiger partial charge in [-0.1, -0.05) is 29.1 Å². The molecule has 4 rings (SSSR count). The molecule has 0 fully saturated rings. The number of amides is 1. The number of aromatic amines is 1. The van der Waals surface area contributed by atoms with Crippen LogP contribution in [0.15, 0.2) is 46.2 Å². The van der Waals surface area contributed by atoms with Crippen molar-refractivity contribution in [3.8, 4) is 11.5 Å². The number of hydrogen-bond donors (Lipinski definition) is 2. The van der Waals surface area contributed by atoms with Gasteiger partial charge in [-0.25, -0.2) is 0 Å². The maximum absolute atomic E-state index is 13.2. The molecule has 1 aromatic heterocycles. The molecule has 2 N–H and O–H groups in total. The van der Waals surface area contributed by atoms with E-state index in [1.54, 1.807) is 24.0 Å². The summed E-state index contributed by atoms with van der Waals surface area (Å²) in [4.78, 5) is 16.3. The number of nitrogens with one attached hydrogen (secondary N) is 1.